The average molecular weight is 243 g/mol. The second-order valence-electron chi connectivity index (χ2n) is 4.66. The number of morpholine rings is 1. The molecule has 0 aromatic rings. The minimum Gasteiger partial charge on any atom is -0.461 e. The van der Waals surface area contributed by atoms with Gasteiger partial charge in [0.1, 0.15) is 12.1 Å². The molecular formula is C12H21NO4. The summed E-state index contributed by atoms with van der Waals surface area (Å²) in [5, 5.41) is 3.10. The van der Waals surface area contributed by atoms with Gasteiger partial charge < -0.3 is 19.5 Å². The first-order chi connectivity index (χ1) is 8.29. The number of rotatable bonds is 3. The summed E-state index contributed by atoms with van der Waals surface area (Å²) in [5.74, 6) is -0.188. The largest absolute Gasteiger partial charge is 0.461 e. The normalized spacial score (nSPS) is 34.3. The molecule has 0 radical (unpaired) electrons. The van der Waals surface area contributed by atoms with Crippen LogP contribution >= 0.6 is 0 Å². The van der Waals surface area contributed by atoms with Gasteiger partial charge >= 0.3 is 5.97 Å². The van der Waals surface area contributed by atoms with Crippen LogP contribution in [0.25, 0.3) is 0 Å². The smallest absolute Gasteiger partial charge is 0.325 e. The first-order valence-corrected chi connectivity index (χ1v) is 6.34. The van der Waals surface area contributed by atoms with Crippen molar-refractivity contribution < 1.29 is 19.0 Å². The highest BCUT2D eigenvalue weighted by Crippen LogP contribution is 2.23. The zero-order valence-corrected chi connectivity index (χ0v) is 10.3. The Kier molecular flexibility index (Phi) is 4.76. The highest BCUT2D eigenvalue weighted by atomic mass is 16.6. The third-order valence-corrected chi connectivity index (χ3v) is 3.40. The Hall–Kier alpha value is -0.650. The van der Waals surface area contributed by atoms with Crippen LogP contribution in [0.5, 0.6) is 0 Å². The van der Waals surface area contributed by atoms with Crippen molar-refractivity contribution in [1.29, 1.82) is 0 Å². The number of nitrogens with one attached hydrogen (secondary N) is 1. The Balaban J connectivity index is 1.77. The molecule has 2 fully saturated rings. The molecule has 1 N–H and O–H groups in total. The molecule has 1 aliphatic heterocycles. The molecule has 3 unspecified atom stereocenters. The standard InChI is InChI=1S/C12H21NO4/c1-15-9-3-2-4-10(7-9)17-12(14)11-8-16-6-5-13-11/h9-11,13H,2-8H2,1H3. The summed E-state index contributed by atoms with van der Waals surface area (Å²) < 4.78 is 16.1. The van der Waals surface area contributed by atoms with Crippen LogP contribution in [0.2, 0.25) is 0 Å². The highest BCUT2D eigenvalue weighted by Gasteiger charge is 2.29. The number of ether oxygens (including phenoxy) is 3. The van der Waals surface area contributed by atoms with E-state index in [0.29, 0.717) is 19.8 Å². The van der Waals surface area contributed by atoms with Crippen LogP contribution in [0, 0.1) is 0 Å². The predicted octanol–water partition coefficient (Wildman–Crippen LogP) is 0.476. The van der Waals surface area contributed by atoms with Gasteiger partial charge in [-0.3, -0.25) is 4.79 Å². The molecular weight excluding hydrogens is 222 g/mol. The van der Waals surface area contributed by atoms with E-state index in [4.69, 9.17) is 14.2 Å². The molecule has 17 heavy (non-hydrogen) atoms. The maximum atomic E-state index is 11.9. The Morgan fingerprint density at radius 3 is 2.88 bits per heavy atom. The fourth-order valence-electron chi connectivity index (χ4n) is 2.39. The van der Waals surface area contributed by atoms with Crippen molar-refractivity contribution in [2.45, 2.75) is 43.9 Å². The number of carbonyl (C=O) groups excluding carboxylic acids is 1. The van der Waals surface area contributed by atoms with Gasteiger partial charge in [0.05, 0.1) is 19.3 Å². The summed E-state index contributed by atoms with van der Waals surface area (Å²) in [6, 6.07) is -0.299. The summed E-state index contributed by atoms with van der Waals surface area (Å²) in [6.45, 7) is 1.79. The number of hydrogen-bond donors (Lipinski definition) is 1. The molecule has 0 bridgehead atoms. The molecule has 1 aliphatic carbocycles. The molecule has 2 rings (SSSR count). The van der Waals surface area contributed by atoms with Crippen molar-refractivity contribution >= 4 is 5.97 Å². The van der Waals surface area contributed by atoms with Gasteiger partial charge in [-0.1, -0.05) is 0 Å². The molecule has 1 heterocycles. The van der Waals surface area contributed by atoms with Crippen molar-refractivity contribution in [1.82, 2.24) is 5.32 Å². The lowest BCUT2D eigenvalue weighted by molar-refractivity contribution is -0.158. The summed E-state index contributed by atoms with van der Waals surface area (Å²) in [6.07, 6.45) is 4.12. The predicted molar refractivity (Wildman–Crippen MR) is 61.8 cm³/mol. The fourth-order valence-corrected chi connectivity index (χ4v) is 2.39. The summed E-state index contributed by atoms with van der Waals surface area (Å²) in [7, 11) is 1.71. The summed E-state index contributed by atoms with van der Waals surface area (Å²) >= 11 is 0. The van der Waals surface area contributed by atoms with E-state index in [9.17, 15) is 4.79 Å². The topological polar surface area (TPSA) is 56.8 Å². The first-order valence-electron chi connectivity index (χ1n) is 6.34. The molecule has 2 aliphatic rings. The van der Waals surface area contributed by atoms with Gasteiger partial charge in [-0.2, -0.15) is 0 Å². The maximum Gasteiger partial charge on any atom is 0.325 e. The molecule has 0 aromatic carbocycles. The van der Waals surface area contributed by atoms with E-state index in [1.165, 1.54) is 0 Å². The highest BCUT2D eigenvalue weighted by molar-refractivity contribution is 5.76. The quantitative estimate of drug-likeness (QED) is 0.730. The second-order valence-corrected chi connectivity index (χ2v) is 4.66. The van der Waals surface area contributed by atoms with Gasteiger partial charge in [-0.15, -0.1) is 0 Å². The van der Waals surface area contributed by atoms with E-state index in [-0.39, 0.29) is 24.2 Å². The number of carbonyl (C=O) groups is 1. The SMILES string of the molecule is COC1CCCC(OC(=O)C2COCCN2)C1. The first kappa shape index (κ1) is 12.8. The van der Waals surface area contributed by atoms with Crippen molar-refractivity contribution in [3.63, 3.8) is 0 Å². The van der Waals surface area contributed by atoms with E-state index >= 15 is 0 Å². The van der Waals surface area contributed by atoms with E-state index in [0.717, 1.165) is 25.7 Å². The Labute approximate surface area is 102 Å². The average Bonchev–Trinajstić information content (AvgIpc) is 2.40. The van der Waals surface area contributed by atoms with E-state index in [1.54, 1.807) is 7.11 Å². The zero-order valence-electron chi connectivity index (χ0n) is 10.3. The Morgan fingerprint density at radius 1 is 1.35 bits per heavy atom. The van der Waals surface area contributed by atoms with Crippen molar-refractivity contribution in [3.8, 4) is 0 Å². The molecule has 1 saturated heterocycles. The lowest BCUT2D eigenvalue weighted by Crippen LogP contribution is -2.48. The summed E-state index contributed by atoms with van der Waals surface area (Å²) in [5.41, 5.74) is 0. The van der Waals surface area contributed by atoms with Crippen molar-refractivity contribution in [2.75, 3.05) is 26.9 Å². The van der Waals surface area contributed by atoms with Gasteiger partial charge in [0.25, 0.3) is 0 Å². The molecule has 3 atom stereocenters. The van der Waals surface area contributed by atoms with E-state index in [2.05, 4.69) is 5.32 Å². The number of esters is 1. The van der Waals surface area contributed by atoms with Gasteiger partial charge in [0.15, 0.2) is 0 Å². The number of hydrogen-bond acceptors (Lipinski definition) is 5. The van der Waals surface area contributed by atoms with Crippen LogP contribution in [0.15, 0.2) is 0 Å². The van der Waals surface area contributed by atoms with Gasteiger partial charge in [0, 0.05) is 20.1 Å². The monoisotopic (exact) mass is 243 g/mol. The molecule has 1 saturated carbocycles. The Bertz CT molecular complexity index is 253. The minimum atomic E-state index is -0.299. The molecule has 98 valence electrons. The lowest BCUT2D eigenvalue weighted by Gasteiger charge is -2.30. The van der Waals surface area contributed by atoms with Gasteiger partial charge in [-0.05, 0) is 19.3 Å². The van der Waals surface area contributed by atoms with Crippen LogP contribution < -0.4 is 5.32 Å². The van der Waals surface area contributed by atoms with Crippen molar-refractivity contribution in [3.05, 3.63) is 0 Å². The fraction of sp³-hybridized carbons (Fsp3) is 0.917. The molecule has 0 amide bonds. The molecule has 5 nitrogen and oxygen atoms in total. The van der Waals surface area contributed by atoms with Crippen LogP contribution in [-0.2, 0) is 19.0 Å². The van der Waals surface area contributed by atoms with Crippen LogP contribution in [0.3, 0.4) is 0 Å². The van der Waals surface area contributed by atoms with Crippen LogP contribution in [-0.4, -0.2) is 51.1 Å². The third-order valence-electron chi connectivity index (χ3n) is 3.40. The van der Waals surface area contributed by atoms with Crippen LogP contribution in [0.1, 0.15) is 25.7 Å². The lowest BCUT2D eigenvalue weighted by atomic mass is 9.95. The molecule has 5 heteroatoms. The van der Waals surface area contributed by atoms with Crippen LogP contribution in [0.4, 0.5) is 0 Å². The minimum absolute atomic E-state index is 0.00456. The van der Waals surface area contributed by atoms with Gasteiger partial charge in [-0.25, -0.2) is 0 Å². The molecule has 0 spiro atoms. The Morgan fingerprint density at radius 2 is 2.18 bits per heavy atom. The third kappa shape index (κ3) is 3.66. The zero-order chi connectivity index (χ0) is 12.1. The summed E-state index contributed by atoms with van der Waals surface area (Å²) in [4.78, 5) is 11.9. The molecule has 0 aromatic heterocycles. The van der Waals surface area contributed by atoms with Gasteiger partial charge in [0.2, 0.25) is 0 Å². The van der Waals surface area contributed by atoms with Crippen molar-refractivity contribution in [2.24, 2.45) is 0 Å². The van der Waals surface area contributed by atoms with E-state index in [1.807, 2.05) is 0 Å². The number of methoxy groups -OCH3 is 1. The second kappa shape index (κ2) is 6.33. The van der Waals surface area contributed by atoms with E-state index < -0.39 is 0 Å². The maximum absolute atomic E-state index is 11.9.